The number of halogens is 1. The lowest BCUT2D eigenvalue weighted by Crippen LogP contribution is -2.18. The van der Waals surface area contributed by atoms with E-state index in [9.17, 15) is 4.79 Å². The maximum atomic E-state index is 12.3. The second-order valence-corrected chi connectivity index (χ2v) is 7.18. The SMILES string of the molecule is COc1ccc(/C=N\NC(=O)c2cc(-c3ccc4ccccc4c3)n[nH]2)cc1Br. The molecule has 4 rings (SSSR count). The quantitative estimate of drug-likeness (QED) is 0.341. The molecule has 3 aromatic carbocycles. The molecule has 0 bridgehead atoms. The Morgan fingerprint density at radius 2 is 1.93 bits per heavy atom. The maximum Gasteiger partial charge on any atom is 0.289 e. The lowest BCUT2D eigenvalue weighted by Gasteiger charge is -2.03. The minimum absolute atomic E-state index is 0.334. The van der Waals surface area contributed by atoms with Gasteiger partial charge in [-0.15, -0.1) is 0 Å². The number of hydrogen-bond donors (Lipinski definition) is 2. The van der Waals surface area contributed by atoms with Crippen LogP contribution in [-0.4, -0.2) is 29.4 Å². The number of hydrogen-bond acceptors (Lipinski definition) is 4. The number of nitrogens with one attached hydrogen (secondary N) is 2. The molecule has 0 radical (unpaired) electrons. The fraction of sp³-hybridized carbons (Fsp3) is 0.0455. The van der Waals surface area contributed by atoms with Crippen LogP contribution >= 0.6 is 15.9 Å². The molecule has 0 fully saturated rings. The van der Waals surface area contributed by atoms with E-state index in [1.54, 1.807) is 19.4 Å². The van der Waals surface area contributed by atoms with E-state index < -0.39 is 0 Å². The van der Waals surface area contributed by atoms with E-state index in [2.05, 4.69) is 42.7 Å². The molecule has 0 saturated carbocycles. The molecule has 4 aromatic rings. The Morgan fingerprint density at radius 3 is 2.72 bits per heavy atom. The number of aromatic nitrogens is 2. The summed E-state index contributed by atoms with van der Waals surface area (Å²) in [4.78, 5) is 12.3. The summed E-state index contributed by atoms with van der Waals surface area (Å²) in [6.07, 6.45) is 1.56. The van der Waals surface area contributed by atoms with Crippen molar-refractivity contribution in [3.8, 4) is 17.0 Å². The van der Waals surface area contributed by atoms with Gasteiger partial charge in [0.25, 0.3) is 5.91 Å². The maximum absolute atomic E-state index is 12.3. The summed E-state index contributed by atoms with van der Waals surface area (Å²) in [5.41, 5.74) is 5.29. The first-order valence-electron chi connectivity index (χ1n) is 8.85. The van der Waals surface area contributed by atoms with Gasteiger partial charge in [0.1, 0.15) is 11.4 Å². The summed E-state index contributed by atoms with van der Waals surface area (Å²) in [5.74, 6) is 0.359. The zero-order valence-electron chi connectivity index (χ0n) is 15.5. The van der Waals surface area contributed by atoms with Crippen molar-refractivity contribution in [3.63, 3.8) is 0 Å². The predicted molar refractivity (Wildman–Crippen MR) is 117 cm³/mol. The Kier molecular flexibility index (Phi) is 5.39. The van der Waals surface area contributed by atoms with Crippen LogP contribution in [0.15, 0.2) is 76.3 Å². The number of fused-ring (bicyclic) bond motifs is 1. The van der Waals surface area contributed by atoms with E-state index in [4.69, 9.17) is 4.74 Å². The largest absolute Gasteiger partial charge is 0.496 e. The predicted octanol–water partition coefficient (Wildman–Crippen LogP) is 4.76. The molecule has 0 unspecified atom stereocenters. The average Bonchev–Trinajstić information content (AvgIpc) is 3.24. The normalized spacial score (nSPS) is 11.1. The third-order valence-electron chi connectivity index (χ3n) is 4.42. The van der Waals surface area contributed by atoms with Crippen LogP contribution in [0, 0.1) is 0 Å². The van der Waals surface area contributed by atoms with Gasteiger partial charge < -0.3 is 4.74 Å². The van der Waals surface area contributed by atoms with Crippen LogP contribution < -0.4 is 10.2 Å². The molecule has 144 valence electrons. The molecule has 0 atom stereocenters. The number of H-pyrrole nitrogens is 1. The molecular weight excluding hydrogens is 432 g/mol. The molecule has 7 heteroatoms. The molecule has 0 spiro atoms. The molecule has 0 aliphatic rings. The molecule has 6 nitrogen and oxygen atoms in total. The van der Waals surface area contributed by atoms with Crippen molar-refractivity contribution in [2.75, 3.05) is 7.11 Å². The Labute approximate surface area is 175 Å². The average molecular weight is 449 g/mol. The van der Waals surface area contributed by atoms with Crippen LogP contribution in [0.2, 0.25) is 0 Å². The number of rotatable bonds is 5. The summed E-state index contributed by atoms with van der Waals surface area (Å²) < 4.78 is 6.00. The molecular formula is C22H17BrN4O2. The number of ether oxygens (including phenoxy) is 1. The van der Waals surface area contributed by atoms with Crippen LogP contribution in [0.4, 0.5) is 0 Å². The van der Waals surface area contributed by atoms with Gasteiger partial charge in [0.05, 0.1) is 23.5 Å². The lowest BCUT2D eigenvalue weighted by molar-refractivity contribution is 0.0950. The van der Waals surface area contributed by atoms with E-state index in [0.717, 1.165) is 32.1 Å². The van der Waals surface area contributed by atoms with Crippen molar-refractivity contribution in [3.05, 3.63) is 82.5 Å². The van der Waals surface area contributed by atoms with Crippen LogP contribution in [0.25, 0.3) is 22.0 Å². The second kappa shape index (κ2) is 8.28. The zero-order valence-corrected chi connectivity index (χ0v) is 17.1. The Balaban J connectivity index is 1.46. The van der Waals surface area contributed by atoms with Gasteiger partial charge in [0, 0.05) is 5.56 Å². The fourth-order valence-corrected chi connectivity index (χ4v) is 3.48. The van der Waals surface area contributed by atoms with Crippen molar-refractivity contribution < 1.29 is 9.53 Å². The van der Waals surface area contributed by atoms with Gasteiger partial charge in [-0.3, -0.25) is 9.89 Å². The topological polar surface area (TPSA) is 79.4 Å². The van der Waals surface area contributed by atoms with Gasteiger partial charge >= 0.3 is 0 Å². The summed E-state index contributed by atoms with van der Waals surface area (Å²) in [7, 11) is 1.60. The number of aromatic amines is 1. The van der Waals surface area contributed by atoms with Gasteiger partial charge in [0.2, 0.25) is 0 Å². The highest BCUT2D eigenvalue weighted by Gasteiger charge is 2.11. The summed E-state index contributed by atoms with van der Waals surface area (Å²) in [6, 6.07) is 21.4. The van der Waals surface area contributed by atoms with Crippen LogP contribution in [-0.2, 0) is 0 Å². The lowest BCUT2D eigenvalue weighted by atomic mass is 10.1. The van der Waals surface area contributed by atoms with Gasteiger partial charge in [0.15, 0.2) is 0 Å². The van der Waals surface area contributed by atoms with E-state index in [1.807, 2.05) is 54.6 Å². The number of carbonyl (C=O) groups excluding carboxylic acids is 1. The van der Waals surface area contributed by atoms with Crippen molar-refractivity contribution in [1.82, 2.24) is 15.6 Å². The minimum atomic E-state index is -0.367. The van der Waals surface area contributed by atoms with Crippen molar-refractivity contribution in [2.24, 2.45) is 5.10 Å². The number of nitrogens with zero attached hydrogens (tertiary/aromatic N) is 2. The first-order valence-corrected chi connectivity index (χ1v) is 9.65. The number of amides is 1. The molecule has 1 heterocycles. The highest BCUT2D eigenvalue weighted by Crippen LogP contribution is 2.25. The van der Waals surface area contributed by atoms with E-state index in [-0.39, 0.29) is 5.91 Å². The minimum Gasteiger partial charge on any atom is -0.496 e. The Bertz CT molecular complexity index is 1220. The summed E-state index contributed by atoms with van der Waals surface area (Å²) in [5, 5.41) is 13.3. The number of benzene rings is 3. The summed E-state index contributed by atoms with van der Waals surface area (Å²) >= 11 is 3.42. The second-order valence-electron chi connectivity index (χ2n) is 6.32. The van der Waals surface area contributed by atoms with Crippen molar-refractivity contribution in [1.29, 1.82) is 0 Å². The molecule has 1 aromatic heterocycles. The van der Waals surface area contributed by atoms with Gasteiger partial charge in [-0.25, -0.2) is 5.43 Å². The van der Waals surface area contributed by atoms with Crippen LogP contribution in [0.5, 0.6) is 5.75 Å². The highest BCUT2D eigenvalue weighted by atomic mass is 79.9. The highest BCUT2D eigenvalue weighted by molar-refractivity contribution is 9.10. The van der Waals surface area contributed by atoms with Crippen LogP contribution in [0.3, 0.4) is 0 Å². The van der Waals surface area contributed by atoms with E-state index in [1.165, 1.54) is 0 Å². The number of hydrazone groups is 1. The van der Waals surface area contributed by atoms with Crippen molar-refractivity contribution in [2.45, 2.75) is 0 Å². The standard InChI is InChI=1S/C22H17BrN4O2/c1-29-21-9-6-14(10-18(21)23)13-24-27-22(28)20-12-19(25-26-20)17-8-7-15-4-2-3-5-16(15)11-17/h2-13H,1H3,(H,25,26)(H,27,28)/b24-13-. The summed E-state index contributed by atoms with van der Waals surface area (Å²) in [6.45, 7) is 0. The Morgan fingerprint density at radius 1 is 1.10 bits per heavy atom. The molecule has 0 aliphatic carbocycles. The van der Waals surface area contributed by atoms with E-state index >= 15 is 0 Å². The molecule has 0 aliphatic heterocycles. The molecule has 29 heavy (non-hydrogen) atoms. The number of methoxy groups -OCH3 is 1. The van der Waals surface area contributed by atoms with Crippen molar-refractivity contribution >= 4 is 38.8 Å². The Hall–Kier alpha value is -3.45. The molecule has 1 amide bonds. The number of carbonyl (C=O) groups is 1. The zero-order chi connectivity index (χ0) is 20.2. The molecule has 2 N–H and O–H groups in total. The van der Waals surface area contributed by atoms with Gasteiger partial charge in [-0.2, -0.15) is 10.2 Å². The first-order chi connectivity index (χ1) is 14.1. The third kappa shape index (κ3) is 4.20. The van der Waals surface area contributed by atoms with Gasteiger partial charge in [-0.05, 0) is 62.6 Å². The molecule has 0 saturated heterocycles. The van der Waals surface area contributed by atoms with Crippen LogP contribution in [0.1, 0.15) is 16.1 Å². The fourth-order valence-electron chi connectivity index (χ4n) is 2.92. The van der Waals surface area contributed by atoms with Gasteiger partial charge in [-0.1, -0.05) is 36.4 Å². The third-order valence-corrected chi connectivity index (χ3v) is 5.04. The van der Waals surface area contributed by atoms with E-state index in [0.29, 0.717) is 11.4 Å². The first kappa shape index (κ1) is 18.9. The monoisotopic (exact) mass is 448 g/mol. The smallest absolute Gasteiger partial charge is 0.289 e.